The number of nitrogens with zero attached hydrogens (tertiary/aromatic N) is 2. The third-order valence-electron chi connectivity index (χ3n) is 4.42. The molecule has 0 unspecified atom stereocenters. The minimum Gasteiger partial charge on any atom is -0.464 e. The normalized spacial score (nSPS) is 10.9. The van der Waals surface area contributed by atoms with Crippen LogP contribution in [0.1, 0.15) is 25.4 Å². The van der Waals surface area contributed by atoms with Crippen LogP contribution < -0.4 is 5.32 Å². The number of rotatable bonds is 9. The Labute approximate surface area is 186 Å². The Morgan fingerprint density at radius 2 is 1.93 bits per heavy atom. The van der Waals surface area contributed by atoms with Gasteiger partial charge in [0.2, 0.25) is 5.91 Å². The monoisotopic (exact) mass is 455 g/mol. The number of benzene rings is 1. The van der Waals surface area contributed by atoms with E-state index in [0.717, 1.165) is 5.76 Å². The summed E-state index contributed by atoms with van der Waals surface area (Å²) in [6.45, 7) is 6.48. The molecular formula is C21H27Cl2N3O4. The molecular weight excluding hydrogens is 429 g/mol. The molecule has 0 saturated heterocycles. The highest BCUT2D eigenvalue weighted by Gasteiger charge is 2.24. The molecule has 1 heterocycles. The molecule has 0 saturated carbocycles. The van der Waals surface area contributed by atoms with E-state index in [1.165, 1.54) is 4.90 Å². The van der Waals surface area contributed by atoms with Crippen molar-refractivity contribution in [3.63, 3.8) is 0 Å². The van der Waals surface area contributed by atoms with Crippen LogP contribution in [0.5, 0.6) is 0 Å². The van der Waals surface area contributed by atoms with Gasteiger partial charge >= 0.3 is 6.03 Å². The minimum atomic E-state index is -0.428. The number of amides is 3. The summed E-state index contributed by atoms with van der Waals surface area (Å²) in [5.74, 6) is 1.23. The Kier molecular flexibility index (Phi) is 9.02. The first-order valence-electron chi connectivity index (χ1n) is 9.56. The maximum atomic E-state index is 13.0. The summed E-state index contributed by atoms with van der Waals surface area (Å²) in [5.41, 5.74) is 0.423. The predicted octanol–water partition coefficient (Wildman–Crippen LogP) is 4.81. The van der Waals surface area contributed by atoms with Gasteiger partial charge in [0.05, 0.1) is 23.9 Å². The number of urea groups is 1. The van der Waals surface area contributed by atoms with Gasteiger partial charge in [0, 0.05) is 24.7 Å². The van der Waals surface area contributed by atoms with Crippen LogP contribution in [0.25, 0.3) is 0 Å². The largest absolute Gasteiger partial charge is 0.464 e. The lowest BCUT2D eigenvalue weighted by atomic mass is 10.3. The van der Waals surface area contributed by atoms with Crippen molar-refractivity contribution < 1.29 is 18.7 Å². The number of nitrogens with one attached hydrogen (secondary N) is 1. The van der Waals surface area contributed by atoms with E-state index in [4.69, 9.17) is 32.4 Å². The number of carbonyl (C=O) groups excluding carboxylic acids is 2. The average molecular weight is 456 g/mol. The van der Waals surface area contributed by atoms with Gasteiger partial charge in [0.1, 0.15) is 18.1 Å². The molecule has 3 amide bonds. The molecule has 1 N–H and O–H groups in total. The molecule has 7 nitrogen and oxygen atoms in total. The van der Waals surface area contributed by atoms with Crippen molar-refractivity contribution in [2.24, 2.45) is 0 Å². The fourth-order valence-electron chi connectivity index (χ4n) is 2.76. The quantitative estimate of drug-likeness (QED) is 0.588. The van der Waals surface area contributed by atoms with Gasteiger partial charge in [-0.25, -0.2) is 4.79 Å². The lowest BCUT2D eigenvalue weighted by Crippen LogP contribution is -2.47. The van der Waals surface area contributed by atoms with Gasteiger partial charge in [-0.15, -0.1) is 0 Å². The van der Waals surface area contributed by atoms with Crippen LogP contribution in [-0.4, -0.2) is 54.6 Å². The number of hydrogen-bond acceptors (Lipinski definition) is 4. The molecule has 9 heteroatoms. The van der Waals surface area contributed by atoms with E-state index >= 15 is 0 Å². The van der Waals surface area contributed by atoms with E-state index in [2.05, 4.69) is 5.32 Å². The maximum absolute atomic E-state index is 13.0. The van der Waals surface area contributed by atoms with Gasteiger partial charge in [-0.05, 0) is 51.1 Å². The first kappa shape index (κ1) is 24.1. The van der Waals surface area contributed by atoms with Crippen molar-refractivity contribution in [2.45, 2.75) is 33.4 Å². The molecule has 30 heavy (non-hydrogen) atoms. The van der Waals surface area contributed by atoms with Gasteiger partial charge in [-0.3, -0.25) is 4.79 Å². The summed E-state index contributed by atoms with van der Waals surface area (Å²) in [6, 6.07) is 7.83. The third kappa shape index (κ3) is 6.93. The van der Waals surface area contributed by atoms with Crippen LogP contribution in [0.2, 0.25) is 10.0 Å². The van der Waals surface area contributed by atoms with E-state index < -0.39 is 6.03 Å². The second kappa shape index (κ2) is 11.2. The molecule has 0 atom stereocenters. The van der Waals surface area contributed by atoms with Crippen molar-refractivity contribution in [2.75, 3.05) is 32.1 Å². The standard InChI is InChI=1S/C21H27Cl2N3O4/c1-14(2)26(21(28)24-19-8-6-16(22)11-18(19)23)13-20(27)25(9-10-29-4)12-17-7-5-15(3)30-17/h5-8,11,14H,9-10,12-13H2,1-4H3,(H,24,28). The highest BCUT2D eigenvalue weighted by Crippen LogP contribution is 2.25. The fraction of sp³-hybridized carbons (Fsp3) is 0.429. The highest BCUT2D eigenvalue weighted by atomic mass is 35.5. The van der Waals surface area contributed by atoms with Crippen LogP contribution in [0.15, 0.2) is 34.7 Å². The van der Waals surface area contributed by atoms with Crippen molar-refractivity contribution >= 4 is 40.8 Å². The minimum absolute atomic E-state index is 0.0991. The van der Waals surface area contributed by atoms with Gasteiger partial charge in [-0.1, -0.05) is 23.2 Å². The molecule has 0 bridgehead atoms. The number of methoxy groups -OCH3 is 1. The van der Waals surface area contributed by atoms with Crippen molar-refractivity contribution in [3.05, 3.63) is 51.9 Å². The first-order chi connectivity index (χ1) is 14.2. The van der Waals surface area contributed by atoms with E-state index in [-0.39, 0.29) is 18.5 Å². The van der Waals surface area contributed by atoms with Crippen LogP contribution >= 0.6 is 23.2 Å². The van der Waals surface area contributed by atoms with Gasteiger partial charge in [0.25, 0.3) is 0 Å². The zero-order valence-corrected chi connectivity index (χ0v) is 19.1. The Hall–Kier alpha value is -2.22. The van der Waals surface area contributed by atoms with Crippen LogP contribution in [-0.2, 0) is 16.1 Å². The summed E-state index contributed by atoms with van der Waals surface area (Å²) < 4.78 is 10.7. The summed E-state index contributed by atoms with van der Waals surface area (Å²) >= 11 is 12.1. The van der Waals surface area contributed by atoms with Gasteiger partial charge < -0.3 is 24.3 Å². The summed E-state index contributed by atoms with van der Waals surface area (Å²) in [4.78, 5) is 28.9. The molecule has 1 aromatic heterocycles. The number of carbonyl (C=O) groups is 2. The molecule has 0 aliphatic heterocycles. The predicted molar refractivity (Wildman–Crippen MR) is 118 cm³/mol. The second-order valence-corrected chi connectivity index (χ2v) is 7.94. The SMILES string of the molecule is COCCN(Cc1ccc(C)o1)C(=O)CN(C(=O)Nc1ccc(Cl)cc1Cl)C(C)C. The molecule has 0 radical (unpaired) electrons. The van der Waals surface area contributed by atoms with Gasteiger partial charge in [0.15, 0.2) is 0 Å². The number of hydrogen-bond donors (Lipinski definition) is 1. The zero-order chi connectivity index (χ0) is 22.3. The van der Waals surface area contributed by atoms with E-state index in [1.54, 1.807) is 30.2 Å². The molecule has 2 rings (SSSR count). The average Bonchev–Trinajstić information content (AvgIpc) is 3.09. The number of furan rings is 1. The Morgan fingerprint density at radius 3 is 2.50 bits per heavy atom. The molecule has 164 valence electrons. The van der Waals surface area contributed by atoms with Crippen LogP contribution in [0.4, 0.5) is 10.5 Å². The summed E-state index contributed by atoms with van der Waals surface area (Å²) in [5, 5.41) is 3.53. The zero-order valence-electron chi connectivity index (χ0n) is 17.6. The van der Waals surface area contributed by atoms with Crippen molar-refractivity contribution in [1.82, 2.24) is 9.80 Å². The Balaban J connectivity index is 2.11. The molecule has 0 fully saturated rings. The van der Waals surface area contributed by atoms with Crippen LogP contribution in [0.3, 0.4) is 0 Å². The number of ether oxygens (including phenoxy) is 1. The Morgan fingerprint density at radius 1 is 1.20 bits per heavy atom. The smallest absolute Gasteiger partial charge is 0.322 e. The van der Waals surface area contributed by atoms with Crippen LogP contribution in [0, 0.1) is 6.92 Å². The topological polar surface area (TPSA) is 75.0 Å². The van der Waals surface area contributed by atoms with E-state index in [1.807, 2.05) is 32.9 Å². The fourth-order valence-corrected chi connectivity index (χ4v) is 3.22. The highest BCUT2D eigenvalue weighted by molar-refractivity contribution is 6.36. The maximum Gasteiger partial charge on any atom is 0.322 e. The lowest BCUT2D eigenvalue weighted by molar-refractivity contribution is -0.133. The number of aryl methyl sites for hydroxylation is 1. The summed E-state index contributed by atoms with van der Waals surface area (Å²) in [6.07, 6.45) is 0. The van der Waals surface area contributed by atoms with E-state index in [9.17, 15) is 9.59 Å². The molecule has 2 aromatic rings. The Bertz CT molecular complexity index is 870. The van der Waals surface area contributed by atoms with Crippen molar-refractivity contribution in [1.29, 1.82) is 0 Å². The molecule has 0 spiro atoms. The van der Waals surface area contributed by atoms with Crippen molar-refractivity contribution in [3.8, 4) is 0 Å². The summed E-state index contributed by atoms with van der Waals surface area (Å²) in [7, 11) is 1.57. The molecule has 0 aliphatic carbocycles. The lowest BCUT2D eigenvalue weighted by Gasteiger charge is -2.30. The van der Waals surface area contributed by atoms with Gasteiger partial charge in [-0.2, -0.15) is 0 Å². The number of anilines is 1. The molecule has 0 aliphatic rings. The van der Waals surface area contributed by atoms with E-state index in [0.29, 0.717) is 41.2 Å². The first-order valence-corrected chi connectivity index (χ1v) is 10.3. The number of halogens is 2. The second-order valence-electron chi connectivity index (χ2n) is 7.10. The molecule has 1 aromatic carbocycles. The third-order valence-corrected chi connectivity index (χ3v) is 4.97.